The average molecular weight is 286 g/mol. The Labute approximate surface area is 122 Å². The van der Waals surface area contributed by atoms with Gasteiger partial charge in [-0.25, -0.2) is 4.79 Å². The third-order valence-corrected chi connectivity index (χ3v) is 3.04. The lowest BCUT2D eigenvalue weighted by atomic mass is 10.2. The number of ether oxygens (including phenoxy) is 4. The number of hydrogen-bond donors (Lipinski definition) is 0. The summed E-state index contributed by atoms with van der Waals surface area (Å²) in [5.41, 5.74) is 0.374. The first-order chi connectivity index (χ1) is 10.1. The molecule has 0 radical (unpaired) electrons. The van der Waals surface area contributed by atoms with Gasteiger partial charge in [0.15, 0.2) is 11.5 Å². The highest BCUT2D eigenvalue weighted by Gasteiger charge is 2.41. The molecule has 3 rings (SSSR count). The average Bonchev–Trinajstić information content (AvgIpc) is 2.47. The molecule has 1 aliphatic rings. The van der Waals surface area contributed by atoms with E-state index in [0.29, 0.717) is 22.8 Å². The Morgan fingerprint density at radius 2 is 1.62 bits per heavy atom. The topological polar surface area (TPSA) is 54.0 Å². The van der Waals surface area contributed by atoms with Crippen molar-refractivity contribution in [2.75, 3.05) is 7.11 Å². The molecular weight excluding hydrogens is 272 g/mol. The summed E-state index contributed by atoms with van der Waals surface area (Å²) in [5, 5.41) is 0. The van der Waals surface area contributed by atoms with Crippen molar-refractivity contribution >= 4 is 5.97 Å². The molecule has 0 saturated carbocycles. The van der Waals surface area contributed by atoms with E-state index in [1.807, 2.05) is 6.07 Å². The lowest BCUT2D eigenvalue weighted by Crippen LogP contribution is -2.47. The third-order valence-electron chi connectivity index (χ3n) is 3.04. The SMILES string of the molecule is COc1ccccc1O[C@@]1(C)OC(=O)c2ccccc2O1. The number of para-hydroxylation sites is 3. The molecule has 0 spiro atoms. The van der Waals surface area contributed by atoms with Crippen LogP contribution in [0.4, 0.5) is 0 Å². The number of carbonyl (C=O) groups is 1. The maximum Gasteiger partial charge on any atom is 0.416 e. The second kappa shape index (κ2) is 5.01. The molecule has 0 aromatic heterocycles. The zero-order valence-electron chi connectivity index (χ0n) is 11.7. The van der Waals surface area contributed by atoms with Crippen LogP contribution in [0.3, 0.4) is 0 Å². The Balaban J connectivity index is 1.91. The van der Waals surface area contributed by atoms with Crippen molar-refractivity contribution < 1.29 is 23.7 Å². The number of benzene rings is 2. The first-order valence-corrected chi connectivity index (χ1v) is 6.45. The van der Waals surface area contributed by atoms with Crippen molar-refractivity contribution in [3.63, 3.8) is 0 Å². The van der Waals surface area contributed by atoms with Crippen LogP contribution in [0.15, 0.2) is 48.5 Å². The number of carbonyl (C=O) groups excluding carboxylic acids is 1. The summed E-state index contributed by atoms with van der Waals surface area (Å²) in [5.74, 6) is -0.660. The van der Waals surface area contributed by atoms with Crippen LogP contribution in [0.1, 0.15) is 17.3 Å². The fraction of sp³-hybridized carbons (Fsp3) is 0.188. The van der Waals surface area contributed by atoms with Crippen molar-refractivity contribution in [3.05, 3.63) is 54.1 Å². The van der Waals surface area contributed by atoms with Crippen molar-refractivity contribution in [2.24, 2.45) is 0 Å². The molecule has 0 aliphatic carbocycles. The van der Waals surface area contributed by atoms with E-state index in [1.165, 1.54) is 14.0 Å². The number of fused-ring (bicyclic) bond motifs is 1. The first-order valence-electron chi connectivity index (χ1n) is 6.45. The zero-order valence-corrected chi connectivity index (χ0v) is 11.7. The second-order valence-electron chi connectivity index (χ2n) is 4.60. The highest BCUT2D eigenvalue weighted by Crippen LogP contribution is 2.35. The van der Waals surface area contributed by atoms with Crippen molar-refractivity contribution in [1.82, 2.24) is 0 Å². The molecule has 2 aromatic carbocycles. The van der Waals surface area contributed by atoms with Crippen LogP contribution in [-0.2, 0) is 4.74 Å². The number of esters is 1. The molecule has 0 saturated heterocycles. The van der Waals surface area contributed by atoms with Gasteiger partial charge in [0.05, 0.1) is 14.0 Å². The standard InChI is InChI=1S/C16H14O5/c1-16(20-14-10-6-5-9-13(14)18-2)19-12-8-4-3-7-11(12)15(17)21-16/h3-10H,1-2H3/t16-/m0/s1. The predicted molar refractivity (Wildman–Crippen MR) is 74.5 cm³/mol. The highest BCUT2D eigenvalue weighted by atomic mass is 16.9. The van der Waals surface area contributed by atoms with Gasteiger partial charge < -0.3 is 18.9 Å². The minimum atomic E-state index is -1.54. The van der Waals surface area contributed by atoms with E-state index in [-0.39, 0.29) is 0 Å². The highest BCUT2D eigenvalue weighted by molar-refractivity contribution is 5.93. The summed E-state index contributed by atoms with van der Waals surface area (Å²) >= 11 is 0. The molecule has 0 amide bonds. The smallest absolute Gasteiger partial charge is 0.416 e. The molecule has 0 unspecified atom stereocenters. The molecule has 5 heteroatoms. The zero-order chi connectivity index (χ0) is 14.9. The van der Waals surface area contributed by atoms with Crippen molar-refractivity contribution in [2.45, 2.75) is 12.9 Å². The monoisotopic (exact) mass is 286 g/mol. The largest absolute Gasteiger partial charge is 0.493 e. The third kappa shape index (κ3) is 2.50. The van der Waals surface area contributed by atoms with Crippen molar-refractivity contribution in [1.29, 1.82) is 0 Å². The van der Waals surface area contributed by atoms with Gasteiger partial charge in [-0.3, -0.25) is 0 Å². The minimum Gasteiger partial charge on any atom is -0.493 e. The molecule has 1 atom stereocenters. The normalized spacial score (nSPS) is 20.0. The Morgan fingerprint density at radius 1 is 0.952 bits per heavy atom. The summed E-state index contributed by atoms with van der Waals surface area (Å²) in [4.78, 5) is 12.0. The van der Waals surface area contributed by atoms with E-state index < -0.39 is 11.9 Å². The van der Waals surface area contributed by atoms with Crippen LogP contribution in [-0.4, -0.2) is 19.1 Å². The number of methoxy groups -OCH3 is 1. The lowest BCUT2D eigenvalue weighted by Gasteiger charge is -2.34. The van der Waals surface area contributed by atoms with Gasteiger partial charge in [-0.2, -0.15) is 0 Å². The molecule has 0 fully saturated rings. The molecule has 1 aliphatic heterocycles. The van der Waals surface area contributed by atoms with E-state index in [1.54, 1.807) is 42.5 Å². The minimum absolute atomic E-state index is 0.374. The maximum atomic E-state index is 12.0. The molecular formula is C16H14O5. The van der Waals surface area contributed by atoms with Gasteiger partial charge in [0.2, 0.25) is 0 Å². The fourth-order valence-electron chi connectivity index (χ4n) is 2.11. The summed E-state index contributed by atoms with van der Waals surface area (Å²) in [6, 6.07) is 13.9. The Kier molecular flexibility index (Phi) is 3.17. The molecule has 108 valence electrons. The summed E-state index contributed by atoms with van der Waals surface area (Å²) in [6.45, 7) is 1.54. The van der Waals surface area contributed by atoms with Gasteiger partial charge in [-0.15, -0.1) is 0 Å². The Bertz CT molecular complexity index is 682. The van der Waals surface area contributed by atoms with Crippen LogP contribution in [0, 0.1) is 0 Å². The summed E-state index contributed by atoms with van der Waals surface area (Å²) in [7, 11) is 1.54. The van der Waals surface area contributed by atoms with Crippen LogP contribution >= 0.6 is 0 Å². The van der Waals surface area contributed by atoms with Gasteiger partial charge in [0.25, 0.3) is 0 Å². The molecule has 1 heterocycles. The molecule has 21 heavy (non-hydrogen) atoms. The van der Waals surface area contributed by atoms with Crippen LogP contribution in [0.5, 0.6) is 17.2 Å². The molecule has 2 aromatic rings. The Morgan fingerprint density at radius 3 is 2.38 bits per heavy atom. The number of hydrogen-bond acceptors (Lipinski definition) is 5. The molecule has 5 nitrogen and oxygen atoms in total. The van der Waals surface area contributed by atoms with Gasteiger partial charge >= 0.3 is 11.9 Å². The van der Waals surface area contributed by atoms with Gasteiger partial charge in [0, 0.05) is 0 Å². The van der Waals surface area contributed by atoms with Gasteiger partial charge in [-0.05, 0) is 24.3 Å². The van der Waals surface area contributed by atoms with E-state index in [9.17, 15) is 4.79 Å². The Hall–Kier alpha value is -2.69. The lowest BCUT2D eigenvalue weighted by molar-refractivity contribution is -0.263. The molecule has 0 N–H and O–H groups in total. The number of cyclic esters (lactones) is 1. The first kappa shape index (κ1) is 13.3. The quantitative estimate of drug-likeness (QED) is 0.812. The predicted octanol–water partition coefficient (Wildman–Crippen LogP) is 3.00. The van der Waals surface area contributed by atoms with Crippen LogP contribution < -0.4 is 14.2 Å². The van der Waals surface area contributed by atoms with Crippen LogP contribution in [0.25, 0.3) is 0 Å². The second-order valence-corrected chi connectivity index (χ2v) is 4.60. The van der Waals surface area contributed by atoms with E-state index in [4.69, 9.17) is 18.9 Å². The fourth-order valence-corrected chi connectivity index (χ4v) is 2.11. The van der Waals surface area contributed by atoms with E-state index in [0.717, 1.165) is 0 Å². The van der Waals surface area contributed by atoms with Gasteiger partial charge in [0.1, 0.15) is 11.3 Å². The molecule has 0 bridgehead atoms. The van der Waals surface area contributed by atoms with E-state index in [2.05, 4.69) is 0 Å². The summed E-state index contributed by atoms with van der Waals surface area (Å²) < 4.78 is 21.8. The van der Waals surface area contributed by atoms with Crippen LogP contribution in [0.2, 0.25) is 0 Å². The number of rotatable bonds is 3. The van der Waals surface area contributed by atoms with Crippen molar-refractivity contribution in [3.8, 4) is 17.2 Å². The maximum absolute atomic E-state index is 12.0. The summed E-state index contributed by atoms with van der Waals surface area (Å²) in [6.07, 6.45) is 0. The van der Waals surface area contributed by atoms with Gasteiger partial charge in [-0.1, -0.05) is 24.3 Å². The van der Waals surface area contributed by atoms with E-state index >= 15 is 0 Å².